The van der Waals surface area contributed by atoms with Crippen LogP contribution in [0.4, 0.5) is 0 Å². The van der Waals surface area contributed by atoms with Crippen LogP contribution in [0.25, 0.3) is 10.9 Å². The zero-order chi connectivity index (χ0) is 16.3. The molecular weight excluding hydrogens is 282 g/mol. The SMILES string of the molecule is CCn1c(=O)c(/C=N\NC(=O)C(C)C)c(O)c2ccccc21. The summed E-state index contributed by atoms with van der Waals surface area (Å²) < 4.78 is 1.56. The molecule has 0 aliphatic heterocycles. The van der Waals surface area contributed by atoms with E-state index in [1.807, 2.05) is 13.0 Å². The average molecular weight is 301 g/mol. The van der Waals surface area contributed by atoms with Gasteiger partial charge in [-0.1, -0.05) is 26.0 Å². The maximum absolute atomic E-state index is 12.4. The molecule has 0 bridgehead atoms. The molecule has 1 heterocycles. The predicted octanol–water partition coefficient (Wildman–Crippen LogP) is 1.83. The summed E-state index contributed by atoms with van der Waals surface area (Å²) in [4.78, 5) is 23.9. The molecule has 0 radical (unpaired) electrons. The molecule has 0 fully saturated rings. The van der Waals surface area contributed by atoms with Crippen molar-refractivity contribution in [3.8, 4) is 5.75 Å². The van der Waals surface area contributed by atoms with Crippen molar-refractivity contribution in [2.45, 2.75) is 27.3 Å². The van der Waals surface area contributed by atoms with Crippen molar-refractivity contribution in [2.75, 3.05) is 0 Å². The van der Waals surface area contributed by atoms with E-state index < -0.39 is 0 Å². The van der Waals surface area contributed by atoms with Gasteiger partial charge in [-0.05, 0) is 19.1 Å². The zero-order valence-electron chi connectivity index (χ0n) is 12.8. The van der Waals surface area contributed by atoms with Crippen LogP contribution in [0.2, 0.25) is 0 Å². The van der Waals surface area contributed by atoms with E-state index in [0.29, 0.717) is 17.4 Å². The quantitative estimate of drug-likeness (QED) is 0.667. The number of amides is 1. The minimum atomic E-state index is -0.346. The molecule has 0 unspecified atom stereocenters. The molecule has 0 saturated heterocycles. The minimum absolute atomic E-state index is 0.0598. The molecule has 22 heavy (non-hydrogen) atoms. The van der Waals surface area contributed by atoms with Crippen molar-refractivity contribution in [1.82, 2.24) is 9.99 Å². The third-order valence-electron chi connectivity index (χ3n) is 3.39. The van der Waals surface area contributed by atoms with Crippen LogP contribution in [0.5, 0.6) is 5.75 Å². The van der Waals surface area contributed by atoms with Crippen LogP contribution in [0, 0.1) is 5.92 Å². The number of pyridine rings is 1. The molecule has 1 aromatic carbocycles. The highest BCUT2D eigenvalue weighted by molar-refractivity contribution is 5.95. The topological polar surface area (TPSA) is 83.7 Å². The van der Waals surface area contributed by atoms with Crippen molar-refractivity contribution in [3.63, 3.8) is 0 Å². The highest BCUT2D eigenvalue weighted by atomic mass is 16.3. The first kappa shape index (κ1) is 15.8. The summed E-state index contributed by atoms with van der Waals surface area (Å²) in [7, 11) is 0. The molecule has 2 rings (SSSR count). The lowest BCUT2D eigenvalue weighted by molar-refractivity contribution is -0.123. The molecule has 6 heteroatoms. The molecule has 0 aliphatic rings. The summed E-state index contributed by atoms with van der Waals surface area (Å²) in [5, 5.41) is 14.6. The number of aromatic hydroxyl groups is 1. The normalized spacial score (nSPS) is 11.5. The summed E-state index contributed by atoms with van der Waals surface area (Å²) in [6, 6.07) is 7.11. The van der Waals surface area contributed by atoms with Crippen LogP contribution in [0.3, 0.4) is 0 Å². The number of benzene rings is 1. The van der Waals surface area contributed by atoms with Crippen LogP contribution in [-0.2, 0) is 11.3 Å². The highest BCUT2D eigenvalue weighted by Gasteiger charge is 2.14. The molecule has 0 aliphatic carbocycles. The number of hydrazone groups is 1. The molecule has 0 atom stereocenters. The van der Waals surface area contributed by atoms with Gasteiger partial charge in [-0.3, -0.25) is 9.59 Å². The van der Waals surface area contributed by atoms with E-state index in [2.05, 4.69) is 10.5 Å². The van der Waals surface area contributed by atoms with Gasteiger partial charge in [0.05, 0.1) is 11.7 Å². The lowest BCUT2D eigenvalue weighted by Crippen LogP contribution is -2.26. The van der Waals surface area contributed by atoms with Crippen LogP contribution in [0.1, 0.15) is 26.3 Å². The number of carbonyl (C=O) groups excluding carboxylic acids is 1. The lowest BCUT2D eigenvalue weighted by Gasteiger charge is -2.11. The number of hydrogen-bond acceptors (Lipinski definition) is 4. The monoisotopic (exact) mass is 301 g/mol. The maximum atomic E-state index is 12.4. The van der Waals surface area contributed by atoms with E-state index in [1.165, 1.54) is 6.21 Å². The van der Waals surface area contributed by atoms with Gasteiger partial charge in [0.15, 0.2) is 0 Å². The van der Waals surface area contributed by atoms with Crippen molar-refractivity contribution in [2.24, 2.45) is 11.0 Å². The Labute approximate surface area is 128 Å². The fourth-order valence-corrected chi connectivity index (χ4v) is 2.13. The second-order valence-corrected chi connectivity index (χ2v) is 5.22. The number of aromatic nitrogens is 1. The predicted molar refractivity (Wildman–Crippen MR) is 86.1 cm³/mol. The zero-order valence-corrected chi connectivity index (χ0v) is 12.8. The van der Waals surface area contributed by atoms with Gasteiger partial charge in [-0.25, -0.2) is 5.43 Å². The van der Waals surface area contributed by atoms with Gasteiger partial charge in [-0.15, -0.1) is 0 Å². The van der Waals surface area contributed by atoms with Crippen LogP contribution in [0.15, 0.2) is 34.2 Å². The minimum Gasteiger partial charge on any atom is -0.506 e. The second-order valence-electron chi connectivity index (χ2n) is 5.22. The number of hydrogen-bond donors (Lipinski definition) is 2. The summed E-state index contributed by atoms with van der Waals surface area (Å²) in [6.07, 6.45) is 1.19. The van der Waals surface area contributed by atoms with Gasteiger partial charge in [0.25, 0.3) is 5.56 Å². The Morgan fingerprint density at radius 3 is 2.73 bits per heavy atom. The highest BCUT2D eigenvalue weighted by Crippen LogP contribution is 2.25. The smallest absolute Gasteiger partial charge is 0.263 e. The summed E-state index contributed by atoms with van der Waals surface area (Å²) in [5.41, 5.74) is 2.72. The number of aryl methyl sites for hydroxylation is 1. The number of fused-ring (bicyclic) bond motifs is 1. The van der Waals surface area contributed by atoms with Gasteiger partial charge in [0.2, 0.25) is 5.91 Å². The number of nitrogens with one attached hydrogen (secondary N) is 1. The first-order chi connectivity index (χ1) is 10.5. The van der Waals surface area contributed by atoms with E-state index in [0.717, 1.165) is 0 Å². The van der Waals surface area contributed by atoms with Gasteiger partial charge in [-0.2, -0.15) is 5.10 Å². The van der Waals surface area contributed by atoms with Crippen molar-refractivity contribution >= 4 is 23.0 Å². The largest absolute Gasteiger partial charge is 0.506 e. The van der Waals surface area contributed by atoms with Crippen molar-refractivity contribution in [3.05, 3.63) is 40.2 Å². The second kappa shape index (κ2) is 6.43. The Kier molecular flexibility index (Phi) is 4.60. The Hall–Kier alpha value is -2.63. The Morgan fingerprint density at radius 2 is 2.09 bits per heavy atom. The first-order valence-electron chi connectivity index (χ1n) is 7.14. The molecule has 116 valence electrons. The van der Waals surface area contributed by atoms with Crippen LogP contribution in [-0.4, -0.2) is 21.8 Å². The number of nitrogens with zero attached hydrogens (tertiary/aromatic N) is 2. The molecule has 1 aromatic heterocycles. The summed E-state index contributed by atoms with van der Waals surface area (Å²) in [5.74, 6) is -0.602. The standard InChI is InChI=1S/C16H19N3O3/c1-4-19-13-8-6-5-7-11(13)14(20)12(16(19)22)9-17-18-15(21)10(2)3/h5-10,20H,4H2,1-3H3,(H,18,21)/b17-9-. The molecule has 0 spiro atoms. The van der Waals surface area contributed by atoms with Crippen LogP contribution < -0.4 is 11.0 Å². The van der Waals surface area contributed by atoms with Gasteiger partial charge in [0.1, 0.15) is 11.3 Å². The van der Waals surface area contributed by atoms with E-state index in [4.69, 9.17) is 0 Å². The molecule has 2 aromatic rings. The third kappa shape index (κ3) is 2.86. The summed E-state index contributed by atoms with van der Waals surface area (Å²) >= 11 is 0. The number of rotatable bonds is 4. The van der Waals surface area contributed by atoms with Gasteiger partial charge in [0, 0.05) is 17.8 Å². The van der Waals surface area contributed by atoms with Crippen molar-refractivity contribution in [1.29, 1.82) is 0 Å². The number of carbonyl (C=O) groups is 1. The third-order valence-corrected chi connectivity index (χ3v) is 3.39. The van der Waals surface area contributed by atoms with Gasteiger partial charge < -0.3 is 9.67 Å². The van der Waals surface area contributed by atoms with E-state index in [9.17, 15) is 14.7 Å². The van der Waals surface area contributed by atoms with Gasteiger partial charge >= 0.3 is 0 Å². The van der Waals surface area contributed by atoms with E-state index in [-0.39, 0.29) is 28.7 Å². The molecule has 1 amide bonds. The Morgan fingerprint density at radius 1 is 1.41 bits per heavy atom. The maximum Gasteiger partial charge on any atom is 0.263 e. The van der Waals surface area contributed by atoms with E-state index >= 15 is 0 Å². The van der Waals surface area contributed by atoms with Crippen molar-refractivity contribution < 1.29 is 9.90 Å². The molecular formula is C16H19N3O3. The van der Waals surface area contributed by atoms with Crippen LogP contribution >= 0.6 is 0 Å². The fourth-order valence-electron chi connectivity index (χ4n) is 2.13. The molecule has 2 N–H and O–H groups in total. The first-order valence-corrected chi connectivity index (χ1v) is 7.14. The Bertz CT molecular complexity index is 791. The average Bonchev–Trinajstić information content (AvgIpc) is 2.50. The lowest BCUT2D eigenvalue weighted by atomic mass is 10.1. The summed E-state index contributed by atoms with van der Waals surface area (Å²) in [6.45, 7) is 5.80. The fraction of sp³-hybridized carbons (Fsp3) is 0.312. The van der Waals surface area contributed by atoms with E-state index in [1.54, 1.807) is 36.6 Å². The Balaban J connectivity index is 2.53. The number of para-hydroxylation sites is 1. The molecule has 0 saturated carbocycles. The molecule has 6 nitrogen and oxygen atoms in total.